The zero-order valence-electron chi connectivity index (χ0n) is 5.33. The Bertz CT molecular complexity index is 166. The van der Waals surface area contributed by atoms with E-state index in [0.29, 0.717) is 12.4 Å². The summed E-state index contributed by atoms with van der Waals surface area (Å²) in [6, 6.07) is 0. The monoisotopic (exact) mass is 142 g/mol. The van der Waals surface area contributed by atoms with E-state index in [1.165, 1.54) is 0 Å². The third-order valence-electron chi connectivity index (χ3n) is 0.996. The minimum atomic E-state index is -0.781. The number of amidine groups is 1. The molecule has 1 rings (SSSR count). The molecule has 0 atom stereocenters. The van der Waals surface area contributed by atoms with Gasteiger partial charge in [0.25, 0.3) is 0 Å². The summed E-state index contributed by atoms with van der Waals surface area (Å²) >= 11 is 0. The number of nitrogens with one attached hydrogen (secondary N) is 1. The molecule has 55 valence electrons. The van der Waals surface area contributed by atoms with Crippen molar-refractivity contribution in [1.29, 1.82) is 0 Å². The quantitative estimate of drug-likeness (QED) is 0.532. The summed E-state index contributed by atoms with van der Waals surface area (Å²) in [6.45, 7) is 2.52. The average Bonchev–Trinajstić information content (AvgIpc) is 2.34. The van der Waals surface area contributed by atoms with E-state index in [4.69, 9.17) is 5.73 Å². The molecule has 1 amide bonds. The summed E-state index contributed by atoms with van der Waals surface area (Å²) < 4.78 is 4.45. The minimum absolute atomic E-state index is 0.131. The number of primary amides is 1. The van der Waals surface area contributed by atoms with Crippen molar-refractivity contribution >= 4 is 11.9 Å². The molecule has 10 heavy (non-hydrogen) atoms. The first kappa shape index (κ1) is 6.85. The summed E-state index contributed by atoms with van der Waals surface area (Å²) in [4.78, 5) is 13.9. The largest absolute Gasteiger partial charge is 0.442 e. The van der Waals surface area contributed by atoms with Crippen molar-refractivity contribution < 1.29 is 9.53 Å². The van der Waals surface area contributed by atoms with Gasteiger partial charge in [0.2, 0.25) is 0 Å². The van der Waals surface area contributed by atoms with Crippen molar-refractivity contribution in [3.8, 4) is 0 Å². The van der Waals surface area contributed by atoms with Gasteiger partial charge in [-0.15, -0.1) is 0 Å². The predicted molar refractivity (Wildman–Crippen MR) is 35.3 cm³/mol. The van der Waals surface area contributed by atoms with Crippen molar-refractivity contribution in [2.24, 2.45) is 10.7 Å². The van der Waals surface area contributed by atoms with Gasteiger partial charge in [-0.3, -0.25) is 4.99 Å². The molecule has 0 fully saturated rings. The molecule has 1 aliphatic rings. The van der Waals surface area contributed by atoms with Crippen LogP contribution in [0.15, 0.2) is 4.99 Å². The maximum absolute atomic E-state index is 10.1. The lowest BCUT2D eigenvalue weighted by atomic mass is 10.6. The minimum Gasteiger partial charge on any atom is -0.442 e. The summed E-state index contributed by atoms with van der Waals surface area (Å²) in [6.07, 6.45) is -0.781. The first-order valence-corrected chi connectivity index (χ1v) is 2.83. The Morgan fingerprint density at radius 1 is 2.00 bits per heavy atom. The van der Waals surface area contributed by atoms with Gasteiger partial charge in [0.05, 0.1) is 6.54 Å². The number of ether oxygens (including phenoxy) is 1. The summed E-state index contributed by atoms with van der Waals surface area (Å²) in [5.41, 5.74) is 4.72. The van der Waals surface area contributed by atoms with Crippen LogP contribution in [0.25, 0.3) is 0 Å². The molecule has 5 nitrogen and oxygen atoms in total. The SMILES string of the molecule is NC(=O)OCC1=N[CH]CN1. The Labute approximate surface area is 58.3 Å². The van der Waals surface area contributed by atoms with Crippen LogP contribution in [0.1, 0.15) is 0 Å². The van der Waals surface area contributed by atoms with Crippen LogP contribution >= 0.6 is 0 Å². The Hall–Kier alpha value is -1.26. The van der Waals surface area contributed by atoms with E-state index >= 15 is 0 Å². The lowest BCUT2D eigenvalue weighted by Gasteiger charge is -2.00. The van der Waals surface area contributed by atoms with E-state index in [2.05, 4.69) is 15.0 Å². The van der Waals surface area contributed by atoms with E-state index in [9.17, 15) is 4.79 Å². The highest BCUT2D eigenvalue weighted by molar-refractivity contribution is 5.86. The molecule has 5 heteroatoms. The van der Waals surface area contributed by atoms with Crippen molar-refractivity contribution in [2.45, 2.75) is 0 Å². The Balaban J connectivity index is 2.19. The lowest BCUT2D eigenvalue weighted by Crippen LogP contribution is -2.26. The van der Waals surface area contributed by atoms with Gasteiger partial charge in [-0.1, -0.05) is 0 Å². The van der Waals surface area contributed by atoms with Crippen LogP contribution in [-0.4, -0.2) is 25.1 Å². The molecule has 0 aromatic carbocycles. The molecule has 0 spiro atoms. The molecule has 0 saturated carbocycles. The molecule has 1 radical (unpaired) electrons. The number of nitrogens with two attached hydrogens (primary N) is 1. The third kappa shape index (κ3) is 1.93. The normalized spacial score (nSPS) is 15.8. The zero-order valence-corrected chi connectivity index (χ0v) is 5.33. The smallest absolute Gasteiger partial charge is 0.404 e. The number of rotatable bonds is 2. The molecule has 3 N–H and O–H groups in total. The van der Waals surface area contributed by atoms with Crippen LogP contribution in [0.4, 0.5) is 4.79 Å². The van der Waals surface area contributed by atoms with Crippen molar-refractivity contribution in [2.75, 3.05) is 13.2 Å². The number of aliphatic imine (C=N–C) groups is 1. The van der Waals surface area contributed by atoms with E-state index in [0.717, 1.165) is 0 Å². The molecule has 0 aromatic rings. The number of nitrogens with zero attached hydrogens (tertiary/aromatic N) is 1. The van der Waals surface area contributed by atoms with E-state index in [1.54, 1.807) is 6.54 Å². The molecule has 0 saturated heterocycles. The summed E-state index contributed by atoms with van der Waals surface area (Å²) in [7, 11) is 0. The highest BCUT2D eigenvalue weighted by atomic mass is 16.5. The summed E-state index contributed by atoms with van der Waals surface area (Å²) in [5, 5.41) is 2.87. The van der Waals surface area contributed by atoms with E-state index in [-0.39, 0.29) is 6.61 Å². The Morgan fingerprint density at radius 3 is 3.30 bits per heavy atom. The fourth-order valence-corrected chi connectivity index (χ4v) is 0.593. The maximum atomic E-state index is 10.1. The van der Waals surface area contributed by atoms with Crippen LogP contribution in [0.5, 0.6) is 0 Å². The number of hydrogen-bond acceptors (Lipinski definition) is 4. The zero-order chi connectivity index (χ0) is 7.40. The third-order valence-corrected chi connectivity index (χ3v) is 0.996. The van der Waals surface area contributed by atoms with Gasteiger partial charge in [0, 0.05) is 6.54 Å². The van der Waals surface area contributed by atoms with Crippen LogP contribution in [0.3, 0.4) is 0 Å². The van der Waals surface area contributed by atoms with Crippen LogP contribution in [0.2, 0.25) is 0 Å². The van der Waals surface area contributed by atoms with E-state index < -0.39 is 6.09 Å². The van der Waals surface area contributed by atoms with Gasteiger partial charge in [-0.2, -0.15) is 0 Å². The molecule has 1 heterocycles. The Kier molecular flexibility index (Phi) is 2.09. The van der Waals surface area contributed by atoms with Crippen LogP contribution in [0, 0.1) is 6.54 Å². The van der Waals surface area contributed by atoms with Crippen LogP contribution < -0.4 is 11.1 Å². The molecule has 0 aliphatic carbocycles. The van der Waals surface area contributed by atoms with E-state index in [1.807, 2.05) is 0 Å². The van der Waals surface area contributed by atoms with Gasteiger partial charge < -0.3 is 15.8 Å². The second kappa shape index (κ2) is 3.05. The highest BCUT2D eigenvalue weighted by Crippen LogP contribution is 1.90. The van der Waals surface area contributed by atoms with Crippen molar-refractivity contribution in [1.82, 2.24) is 5.32 Å². The van der Waals surface area contributed by atoms with Crippen molar-refractivity contribution in [3.63, 3.8) is 0 Å². The van der Waals surface area contributed by atoms with Crippen molar-refractivity contribution in [3.05, 3.63) is 6.54 Å². The second-order valence-corrected chi connectivity index (χ2v) is 1.75. The summed E-state index contributed by atoms with van der Waals surface area (Å²) in [5.74, 6) is 0.638. The number of carbonyl (C=O) groups is 1. The lowest BCUT2D eigenvalue weighted by molar-refractivity contribution is 0.172. The number of amides is 1. The predicted octanol–water partition coefficient (Wildman–Crippen LogP) is -0.755. The number of hydrogen-bond donors (Lipinski definition) is 2. The fourth-order valence-electron chi connectivity index (χ4n) is 0.593. The average molecular weight is 142 g/mol. The van der Waals surface area contributed by atoms with Gasteiger partial charge in [-0.25, -0.2) is 4.79 Å². The first-order chi connectivity index (χ1) is 4.79. The number of carbonyl (C=O) groups excluding carboxylic acids is 1. The maximum Gasteiger partial charge on any atom is 0.404 e. The van der Waals surface area contributed by atoms with Gasteiger partial charge in [-0.05, 0) is 0 Å². The first-order valence-electron chi connectivity index (χ1n) is 2.83. The molecule has 1 aliphatic heterocycles. The van der Waals surface area contributed by atoms with Gasteiger partial charge >= 0.3 is 6.09 Å². The van der Waals surface area contributed by atoms with Gasteiger partial charge in [0.1, 0.15) is 5.84 Å². The highest BCUT2D eigenvalue weighted by Gasteiger charge is 2.05. The topological polar surface area (TPSA) is 76.7 Å². The molecular weight excluding hydrogens is 134 g/mol. The fraction of sp³-hybridized carbons (Fsp3) is 0.400. The molecular formula is C5H8N3O2. The molecule has 0 bridgehead atoms. The van der Waals surface area contributed by atoms with Gasteiger partial charge in [0.15, 0.2) is 6.61 Å². The second-order valence-electron chi connectivity index (χ2n) is 1.75. The molecule has 0 aromatic heterocycles. The standard InChI is InChI=1S/C5H8N3O2/c6-5(9)10-3-4-7-1-2-8-4/h1H,2-3H2,(H2,6,9)(H,7,8). The molecule has 0 unspecified atom stereocenters. The Morgan fingerprint density at radius 2 is 2.80 bits per heavy atom. The van der Waals surface area contributed by atoms with Crippen LogP contribution in [-0.2, 0) is 4.74 Å².